The maximum absolute atomic E-state index is 5.81. The molecular weight excluding hydrogens is 300 g/mol. The largest absolute Gasteiger partial charge is 0.378 e. The highest BCUT2D eigenvalue weighted by atomic mass is 16.6. The molecule has 1 atom stereocenters. The zero-order chi connectivity index (χ0) is 16.4. The van der Waals surface area contributed by atoms with Gasteiger partial charge in [-0.3, -0.25) is 0 Å². The molecule has 23 heavy (non-hydrogen) atoms. The summed E-state index contributed by atoms with van der Waals surface area (Å²) in [6.45, 7) is 12.3. The molecule has 0 aromatic rings. The molecule has 0 radical (unpaired) electrons. The molecule has 1 unspecified atom stereocenters. The summed E-state index contributed by atoms with van der Waals surface area (Å²) >= 11 is 0. The lowest BCUT2D eigenvalue weighted by Crippen LogP contribution is -2.32. The molecule has 1 aliphatic heterocycles. The van der Waals surface area contributed by atoms with E-state index in [2.05, 4.69) is 17.2 Å². The SMILES string of the molecule is C=CCOCC1COCCNCCOCCOCCNCCO1. The van der Waals surface area contributed by atoms with Crippen LogP contribution in [-0.4, -0.2) is 91.7 Å². The van der Waals surface area contributed by atoms with Crippen LogP contribution < -0.4 is 10.6 Å². The van der Waals surface area contributed by atoms with Gasteiger partial charge in [-0.1, -0.05) is 6.08 Å². The van der Waals surface area contributed by atoms with Crippen molar-refractivity contribution in [3.8, 4) is 0 Å². The Bertz CT molecular complexity index is 251. The first-order valence-corrected chi connectivity index (χ1v) is 8.38. The maximum Gasteiger partial charge on any atom is 0.104 e. The van der Waals surface area contributed by atoms with Gasteiger partial charge >= 0.3 is 0 Å². The molecule has 0 aromatic carbocycles. The van der Waals surface area contributed by atoms with Crippen LogP contribution in [0, 0.1) is 0 Å². The minimum Gasteiger partial charge on any atom is -0.378 e. The molecule has 0 bridgehead atoms. The van der Waals surface area contributed by atoms with Gasteiger partial charge in [0.25, 0.3) is 0 Å². The maximum atomic E-state index is 5.81. The second-order valence-corrected chi connectivity index (χ2v) is 5.12. The third kappa shape index (κ3) is 13.6. The van der Waals surface area contributed by atoms with Crippen LogP contribution in [0.3, 0.4) is 0 Å². The molecule has 7 heteroatoms. The summed E-state index contributed by atoms with van der Waals surface area (Å²) in [6, 6.07) is 0. The molecule has 1 rings (SSSR count). The quantitative estimate of drug-likeness (QED) is 0.546. The van der Waals surface area contributed by atoms with Crippen molar-refractivity contribution in [1.29, 1.82) is 0 Å². The first-order valence-electron chi connectivity index (χ1n) is 8.38. The van der Waals surface area contributed by atoms with Gasteiger partial charge in [0.1, 0.15) is 6.10 Å². The van der Waals surface area contributed by atoms with Gasteiger partial charge in [0, 0.05) is 26.2 Å². The fraction of sp³-hybridized carbons (Fsp3) is 0.875. The Hall–Kier alpha value is -0.540. The summed E-state index contributed by atoms with van der Waals surface area (Å²) in [5.41, 5.74) is 0. The summed E-state index contributed by atoms with van der Waals surface area (Å²) in [6.07, 6.45) is 1.67. The Morgan fingerprint density at radius 2 is 1.48 bits per heavy atom. The molecule has 0 aliphatic carbocycles. The highest BCUT2D eigenvalue weighted by Gasteiger charge is 2.09. The fourth-order valence-electron chi connectivity index (χ4n) is 1.94. The zero-order valence-electron chi connectivity index (χ0n) is 14.1. The minimum atomic E-state index is -0.0600. The molecule has 2 N–H and O–H groups in total. The molecule has 7 nitrogen and oxygen atoms in total. The zero-order valence-corrected chi connectivity index (χ0v) is 14.1. The second kappa shape index (κ2) is 16.3. The van der Waals surface area contributed by atoms with Crippen molar-refractivity contribution in [3.05, 3.63) is 12.7 Å². The van der Waals surface area contributed by atoms with Crippen molar-refractivity contribution in [1.82, 2.24) is 10.6 Å². The summed E-state index contributed by atoms with van der Waals surface area (Å²) in [5, 5.41) is 6.55. The van der Waals surface area contributed by atoms with Crippen molar-refractivity contribution in [2.24, 2.45) is 0 Å². The Morgan fingerprint density at radius 3 is 2.13 bits per heavy atom. The van der Waals surface area contributed by atoms with Crippen LogP contribution in [0.4, 0.5) is 0 Å². The highest BCUT2D eigenvalue weighted by Crippen LogP contribution is 1.96. The lowest BCUT2D eigenvalue weighted by Gasteiger charge is -2.18. The van der Waals surface area contributed by atoms with Crippen molar-refractivity contribution in [2.75, 3.05) is 85.6 Å². The Balaban J connectivity index is 2.22. The predicted octanol–water partition coefficient (Wildman–Crippen LogP) is -0.183. The van der Waals surface area contributed by atoms with E-state index in [-0.39, 0.29) is 6.10 Å². The van der Waals surface area contributed by atoms with E-state index >= 15 is 0 Å². The van der Waals surface area contributed by atoms with E-state index in [1.807, 2.05) is 0 Å². The molecule has 1 aliphatic rings. The number of hydrogen-bond donors (Lipinski definition) is 2. The van der Waals surface area contributed by atoms with Crippen LogP contribution >= 0.6 is 0 Å². The Kier molecular flexibility index (Phi) is 14.6. The van der Waals surface area contributed by atoms with E-state index in [4.69, 9.17) is 23.7 Å². The first-order chi connectivity index (χ1) is 11.4. The lowest BCUT2D eigenvalue weighted by atomic mass is 10.4. The van der Waals surface area contributed by atoms with E-state index < -0.39 is 0 Å². The van der Waals surface area contributed by atoms with Crippen molar-refractivity contribution in [3.63, 3.8) is 0 Å². The summed E-state index contributed by atoms with van der Waals surface area (Å²) in [5.74, 6) is 0. The van der Waals surface area contributed by atoms with E-state index in [1.165, 1.54) is 0 Å². The van der Waals surface area contributed by atoms with Gasteiger partial charge in [0.2, 0.25) is 0 Å². The van der Waals surface area contributed by atoms with Crippen LogP contribution in [-0.2, 0) is 23.7 Å². The van der Waals surface area contributed by atoms with Gasteiger partial charge in [-0.2, -0.15) is 0 Å². The molecule has 0 amide bonds. The van der Waals surface area contributed by atoms with Crippen molar-refractivity contribution < 1.29 is 23.7 Å². The minimum absolute atomic E-state index is 0.0600. The van der Waals surface area contributed by atoms with Gasteiger partial charge in [-0.05, 0) is 0 Å². The van der Waals surface area contributed by atoms with E-state index in [0.29, 0.717) is 59.5 Å². The van der Waals surface area contributed by atoms with Gasteiger partial charge in [-0.25, -0.2) is 0 Å². The fourth-order valence-corrected chi connectivity index (χ4v) is 1.94. The average molecular weight is 332 g/mol. The molecule has 0 aromatic heterocycles. The molecule has 0 spiro atoms. The number of ether oxygens (including phenoxy) is 5. The van der Waals surface area contributed by atoms with Crippen molar-refractivity contribution >= 4 is 0 Å². The number of hydrogen-bond acceptors (Lipinski definition) is 7. The monoisotopic (exact) mass is 332 g/mol. The molecule has 1 saturated heterocycles. The third-order valence-electron chi connectivity index (χ3n) is 3.12. The van der Waals surface area contributed by atoms with Crippen LogP contribution in [0.25, 0.3) is 0 Å². The molecule has 1 heterocycles. The van der Waals surface area contributed by atoms with Crippen LogP contribution in [0.15, 0.2) is 12.7 Å². The van der Waals surface area contributed by atoms with E-state index in [9.17, 15) is 0 Å². The van der Waals surface area contributed by atoms with Gasteiger partial charge in [-0.15, -0.1) is 6.58 Å². The van der Waals surface area contributed by atoms with Crippen molar-refractivity contribution in [2.45, 2.75) is 6.10 Å². The smallest absolute Gasteiger partial charge is 0.104 e. The lowest BCUT2D eigenvalue weighted by molar-refractivity contribution is -0.0547. The third-order valence-corrected chi connectivity index (χ3v) is 3.12. The van der Waals surface area contributed by atoms with Gasteiger partial charge in [0.05, 0.1) is 59.5 Å². The normalized spacial score (nSPS) is 24.4. The summed E-state index contributed by atoms with van der Waals surface area (Å²) in [4.78, 5) is 0. The van der Waals surface area contributed by atoms with E-state index in [0.717, 1.165) is 26.2 Å². The van der Waals surface area contributed by atoms with Crippen LogP contribution in [0.1, 0.15) is 0 Å². The van der Waals surface area contributed by atoms with E-state index in [1.54, 1.807) is 6.08 Å². The van der Waals surface area contributed by atoms with Gasteiger partial charge < -0.3 is 34.3 Å². The number of nitrogens with one attached hydrogen (secondary N) is 2. The summed E-state index contributed by atoms with van der Waals surface area (Å²) < 4.78 is 27.8. The Morgan fingerprint density at radius 1 is 0.870 bits per heavy atom. The highest BCUT2D eigenvalue weighted by molar-refractivity contribution is 4.65. The molecule has 136 valence electrons. The molecular formula is C16H32N2O5. The Labute approximate surface area is 139 Å². The summed E-state index contributed by atoms with van der Waals surface area (Å²) in [7, 11) is 0. The second-order valence-electron chi connectivity index (χ2n) is 5.12. The van der Waals surface area contributed by atoms with Crippen LogP contribution in [0.5, 0.6) is 0 Å². The number of rotatable bonds is 4. The van der Waals surface area contributed by atoms with Crippen LogP contribution in [0.2, 0.25) is 0 Å². The van der Waals surface area contributed by atoms with Gasteiger partial charge in [0.15, 0.2) is 0 Å². The standard InChI is InChI=1S/C16H32N2O5/c1-2-7-21-14-16-15-22-10-5-17-3-8-19-12-13-20-9-4-18-6-11-23-16/h2,16-18H,1,3-15H2. The predicted molar refractivity (Wildman–Crippen MR) is 89.0 cm³/mol. The average Bonchev–Trinajstić information content (AvgIpc) is 2.56. The molecule has 0 saturated carbocycles. The topological polar surface area (TPSA) is 70.2 Å². The molecule has 1 fully saturated rings. The first kappa shape index (κ1) is 20.5.